The molecule has 0 bridgehead atoms. The predicted molar refractivity (Wildman–Crippen MR) is 61.5 cm³/mol. The molecule has 1 aliphatic carbocycles. The molecule has 1 aromatic carbocycles. The molecule has 0 aliphatic heterocycles. The second-order valence-electron chi connectivity index (χ2n) is 4.07. The van der Waals surface area contributed by atoms with Crippen molar-refractivity contribution in [1.82, 2.24) is 5.32 Å². The molecule has 1 amide bonds. The summed E-state index contributed by atoms with van der Waals surface area (Å²) in [6.45, 7) is 3.65. The number of nitrogens with one attached hydrogen (secondary N) is 1. The van der Waals surface area contributed by atoms with Gasteiger partial charge in [-0.1, -0.05) is 35.9 Å². The number of aryl methyl sites for hydroxylation is 1. The number of carbonyl (C=O) groups excluding carboxylic acids is 1. The summed E-state index contributed by atoms with van der Waals surface area (Å²) in [5, 5.41) is 2.91. The fraction of sp³-hybridized carbons (Fsp3) is 0.308. The molecule has 0 heterocycles. The van der Waals surface area contributed by atoms with Gasteiger partial charge in [-0.2, -0.15) is 0 Å². The van der Waals surface area contributed by atoms with Crippen molar-refractivity contribution < 1.29 is 4.79 Å². The molecular weight excluding hydrogens is 186 g/mol. The summed E-state index contributed by atoms with van der Waals surface area (Å²) in [4.78, 5) is 10.9. The Kier molecular flexibility index (Phi) is 2.58. The van der Waals surface area contributed by atoms with Gasteiger partial charge >= 0.3 is 0 Å². The van der Waals surface area contributed by atoms with E-state index in [1.807, 2.05) is 0 Å². The lowest BCUT2D eigenvalue weighted by Crippen LogP contribution is -2.34. The molecule has 0 spiro atoms. The van der Waals surface area contributed by atoms with E-state index in [0.717, 1.165) is 6.42 Å². The highest BCUT2D eigenvalue weighted by Crippen LogP contribution is 2.20. The molecule has 2 rings (SSSR count). The van der Waals surface area contributed by atoms with E-state index in [9.17, 15) is 4.79 Å². The van der Waals surface area contributed by atoms with Gasteiger partial charge in [-0.25, -0.2) is 0 Å². The van der Waals surface area contributed by atoms with Crippen LogP contribution in [-0.4, -0.2) is 11.9 Å². The number of fused-ring (bicyclic) bond motifs is 1. The SMILES string of the molecule is CC(=O)NC1C=Cc2cc(C)ccc2C1. The molecule has 1 aromatic rings. The Hall–Kier alpha value is -1.57. The third-order valence-electron chi connectivity index (χ3n) is 2.64. The van der Waals surface area contributed by atoms with Gasteiger partial charge in [0, 0.05) is 6.92 Å². The van der Waals surface area contributed by atoms with Gasteiger partial charge in [-0.3, -0.25) is 4.79 Å². The standard InChI is InChI=1S/C13H15NO/c1-9-3-4-12-8-13(14-10(2)15)6-5-11(12)7-9/h3-7,13H,8H2,1-2H3,(H,14,15). The van der Waals surface area contributed by atoms with Gasteiger partial charge in [-0.05, 0) is 24.5 Å². The number of benzene rings is 1. The number of rotatable bonds is 1. The van der Waals surface area contributed by atoms with E-state index in [1.54, 1.807) is 6.92 Å². The minimum Gasteiger partial charge on any atom is -0.350 e. The molecule has 2 nitrogen and oxygen atoms in total. The fourth-order valence-electron chi connectivity index (χ4n) is 1.94. The smallest absolute Gasteiger partial charge is 0.217 e. The van der Waals surface area contributed by atoms with Crippen LogP contribution in [0.25, 0.3) is 6.08 Å². The van der Waals surface area contributed by atoms with Crippen molar-refractivity contribution in [3.8, 4) is 0 Å². The summed E-state index contributed by atoms with van der Waals surface area (Å²) in [5.74, 6) is 0.0280. The largest absolute Gasteiger partial charge is 0.350 e. The van der Waals surface area contributed by atoms with Crippen molar-refractivity contribution in [2.24, 2.45) is 0 Å². The first-order valence-electron chi connectivity index (χ1n) is 5.20. The fourth-order valence-corrected chi connectivity index (χ4v) is 1.94. The van der Waals surface area contributed by atoms with E-state index in [-0.39, 0.29) is 11.9 Å². The van der Waals surface area contributed by atoms with E-state index in [2.05, 4.69) is 42.6 Å². The normalized spacial score (nSPS) is 18.4. The molecule has 1 atom stereocenters. The molecular formula is C13H15NO. The highest BCUT2D eigenvalue weighted by molar-refractivity contribution is 5.74. The minimum atomic E-state index is 0.0280. The van der Waals surface area contributed by atoms with Gasteiger partial charge in [-0.15, -0.1) is 0 Å². The van der Waals surface area contributed by atoms with Gasteiger partial charge in [0.2, 0.25) is 5.91 Å². The van der Waals surface area contributed by atoms with E-state index in [0.29, 0.717) is 0 Å². The molecule has 1 N–H and O–H groups in total. The summed E-state index contributed by atoms with van der Waals surface area (Å²) >= 11 is 0. The zero-order valence-corrected chi connectivity index (χ0v) is 9.08. The third kappa shape index (κ3) is 2.27. The molecule has 0 saturated heterocycles. The summed E-state index contributed by atoms with van der Waals surface area (Å²) in [6.07, 6.45) is 5.04. The van der Waals surface area contributed by atoms with Crippen LogP contribution in [0.5, 0.6) is 0 Å². The van der Waals surface area contributed by atoms with E-state index in [4.69, 9.17) is 0 Å². The molecule has 0 radical (unpaired) electrons. The lowest BCUT2D eigenvalue weighted by Gasteiger charge is -2.20. The van der Waals surface area contributed by atoms with Crippen LogP contribution >= 0.6 is 0 Å². The molecule has 78 valence electrons. The van der Waals surface area contributed by atoms with Crippen molar-refractivity contribution in [2.75, 3.05) is 0 Å². The van der Waals surface area contributed by atoms with Crippen molar-refractivity contribution in [1.29, 1.82) is 0 Å². The van der Waals surface area contributed by atoms with Crippen LogP contribution in [0.2, 0.25) is 0 Å². The van der Waals surface area contributed by atoms with Crippen LogP contribution in [0, 0.1) is 6.92 Å². The van der Waals surface area contributed by atoms with Gasteiger partial charge in [0.05, 0.1) is 6.04 Å². The molecule has 1 unspecified atom stereocenters. The maximum Gasteiger partial charge on any atom is 0.217 e. The van der Waals surface area contributed by atoms with Crippen molar-refractivity contribution in [3.63, 3.8) is 0 Å². The van der Waals surface area contributed by atoms with Crippen molar-refractivity contribution >= 4 is 12.0 Å². The average molecular weight is 201 g/mol. The minimum absolute atomic E-state index is 0.0280. The summed E-state index contributed by atoms with van der Waals surface area (Å²) < 4.78 is 0. The van der Waals surface area contributed by atoms with E-state index >= 15 is 0 Å². The first-order valence-corrected chi connectivity index (χ1v) is 5.20. The first-order chi connectivity index (χ1) is 7.15. The average Bonchev–Trinajstić information content (AvgIpc) is 2.17. The Bertz CT molecular complexity index is 421. The van der Waals surface area contributed by atoms with Gasteiger partial charge in [0.25, 0.3) is 0 Å². The lowest BCUT2D eigenvalue weighted by atomic mass is 9.93. The maximum absolute atomic E-state index is 10.9. The van der Waals surface area contributed by atoms with E-state index < -0.39 is 0 Å². The van der Waals surface area contributed by atoms with Crippen LogP contribution in [0.1, 0.15) is 23.6 Å². The highest BCUT2D eigenvalue weighted by atomic mass is 16.1. The van der Waals surface area contributed by atoms with Crippen molar-refractivity contribution in [3.05, 3.63) is 41.0 Å². The van der Waals surface area contributed by atoms with Crippen LogP contribution in [0.15, 0.2) is 24.3 Å². The Morgan fingerprint density at radius 2 is 2.27 bits per heavy atom. The topological polar surface area (TPSA) is 29.1 Å². The quantitative estimate of drug-likeness (QED) is 0.740. The molecule has 1 aliphatic rings. The second kappa shape index (κ2) is 3.89. The Labute approximate surface area is 90.0 Å². The molecule has 0 fully saturated rings. The molecule has 0 saturated carbocycles. The number of carbonyl (C=O) groups is 1. The zero-order valence-electron chi connectivity index (χ0n) is 9.08. The van der Waals surface area contributed by atoms with E-state index in [1.165, 1.54) is 16.7 Å². The zero-order chi connectivity index (χ0) is 10.8. The first kappa shape index (κ1) is 9.97. The molecule has 0 aromatic heterocycles. The summed E-state index contributed by atoms with van der Waals surface area (Å²) in [5.41, 5.74) is 3.86. The molecule has 2 heteroatoms. The monoisotopic (exact) mass is 201 g/mol. The lowest BCUT2D eigenvalue weighted by molar-refractivity contribution is -0.119. The van der Waals surface area contributed by atoms with Crippen LogP contribution in [-0.2, 0) is 11.2 Å². The van der Waals surface area contributed by atoms with Gasteiger partial charge < -0.3 is 5.32 Å². The van der Waals surface area contributed by atoms with Crippen LogP contribution in [0.4, 0.5) is 0 Å². The Morgan fingerprint density at radius 1 is 1.47 bits per heavy atom. The maximum atomic E-state index is 10.9. The Balaban J connectivity index is 2.20. The predicted octanol–water partition coefficient (Wildman–Crippen LogP) is 2.07. The number of hydrogen-bond donors (Lipinski definition) is 1. The Morgan fingerprint density at radius 3 is 3.00 bits per heavy atom. The third-order valence-corrected chi connectivity index (χ3v) is 2.64. The van der Waals surface area contributed by atoms with Crippen LogP contribution < -0.4 is 5.32 Å². The summed E-state index contributed by atoms with van der Waals surface area (Å²) in [6, 6.07) is 6.58. The van der Waals surface area contributed by atoms with Gasteiger partial charge in [0.15, 0.2) is 0 Å². The van der Waals surface area contributed by atoms with Crippen LogP contribution in [0.3, 0.4) is 0 Å². The number of amides is 1. The molecule has 15 heavy (non-hydrogen) atoms. The van der Waals surface area contributed by atoms with Crippen molar-refractivity contribution in [2.45, 2.75) is 26.3 Å². The highest BCUT2D eigenvalue weighted by Gasteiger charge is 2.13. The van der Waals surface area contributed by atoms with Gasteiger partial charge in [0.1, 0.15) is 0 Å². The second-order valence-corrected chi connectivity index (χ2v) is 4.07. The summed E-state index contributed by atoms with van der Waals surface area (Å²) in [7, 11) is 0. The number of hydrogen-bond acceptors (Lipinski definition) is 1.